The predicted octanol–water partition coefficient (Wildman–Crippen LogP) is -0.0532. The van der Waals surface area contributed by atoms with Crippen molar-refractivity contribution in [3.8, 4) is 0 Å². The molecule has 0 saturated carbocycles. The Hall–Kier alpha value is -2.31. The number of nitrogens with zero attached hydrogens (tertiary/aromatic N) is 1. The SMILES string of the molecule is CNC(=O)C(C)(C)CNc1ncc(N)cc1C(N)=O. The second-order valence-corrected chi connectivity index (χ2v) is 4.85. The van der Waals surface area contributed by atoms with Crippen LogP contribution in [0, 0.1) is 5.41 Å². The van der Waals surface area contributed by atoms with Crippen molar-refractivity contribution in [2.75, 3.05) is 24.6 Å². The molecule has 1 rings (SSSR count). The molecule has 1 aromatic heterocycles. The number of hydrogen-bond acceptors (Lipinski definition) is 5. The summed E-state index contributed by atoms with van der Waals surface area (Å²) in [7, 11) is 1.57. The largest absolute Gasteiger partial charge is 0.397 e. The Morgan fingerprint density at radius 2 is 2.05 bits per heavy atom. The van der Waals surface area contributed by atoms with Gasteiger partial charge in [0.2, 0.25) is 5.91 Å². The number of carbonyl (C=O) groups excluding carboxylic acids is 2. The van der Waals surface area contributed by atoms with Crippen LogP contribution in [0.4, 0.5) is 11.5 Å². The molecule has 0 aliphatic carbocycles. The molecule has 0 aromatic carbocycles. The number of anilines is 2. The zero-order valence-electron chi connectivity index (χ0n) is 11.3. The molecule has 2 amide bonds. The Bertz CT molecular complexity index is 499. The van der Waals surface area contributed by atoms with Crippen molar-refractivity contribution in [1.29, 1.82) is 0 Å². The minimum atomic E-state index is -0.646. The van der Waals surface area contributed by atoms with Gasteiger partial charge in [0, 0.05) is 13.6 Å². The van der Waals surface area contributed by atoms with Gasteiger partial charge in [-0.1, -0.05) is 0 Å². The average molecular weight is 265 g/mol. The van der Waals surface area contributed by atoms with E-state index in [0.717, 1.165) is 0 Å². The number of nitrogen functional groups attached to an aromatic ring is 1. The topological polar surface area (TPSA) is 123 Å². The van der Waals surface area contributed by atoms with Crippen molar-refractivity contribution in [2.45, 2.75) is 13.8 Å². The Kier molecular flexibility index (Phi) is 4.31. The van der Waals surface area contributed by atoms with Crippen LogP contribution in [0.5, 0.6) is 0 Å². The molecule has 6 N–H and O–H groups in total. The molecule has 0 fully saturated rings. The van der Waals surface area contributed by atoms with E-state index in [0.29, 0.717) is 18.1 Å². The summed E-state index contributed by atoms with van der Waals surface area (Å²) in [5, 5.41) is 5.53. The maximum Gasteiger partial charge on any atom is 0.252 e. The lowest BCUT2D eigenvalue weighted by Gasteiger charge is -2.23. The van der Waals surface area contributed by atoms with Crippen LogP contribution >= 0.6 is 0 Å². The van der Waals surface area contributed by atoms with Crippen molar-refractivity contribution in [3.05, 3.63) is 17.8 Å². The smallest absolute Gasteiger partial charge is 0.252 e. The highest BCUT2D eigenvalue weighted by Crippen LogP contribution is 2.19. The molecular formula is C12H19N5O2. The molecule has 0 bridgehead atoms. The van der Waals surface area contributed by atoms with E-state index in [2.05, 4.69) is 15.6 Å². The fourth-order valence-corrected chi connectivity index (χ4v) is 1.53. The molecule has 1 aromatic rings. The van der Waals surface area contributed by atoms with E-state index in [9.17, 15) is 9.59 Å². The Balaban J connectivity index is 2.89. The number of nitrogens with two attached hydrogens (primary N) is 2. The van der Waals surface area contributed by atoms with Crippen molar-refractivity contribution >= 4 is 23.3 Å². The molecule has 0 atom stereocenters. The highest BCUT2D eigenvalue weighted by atomic mass is 16.2. The number of rotatable bonds is 5. The lowest BCUT2D eigenvalue weighted by molar-refractivity contribution is -0.128. The maximum atomic E-state index is 11.6. The molecule has 104 valence electrons. The number of carbonyl (C=O) groups is 2. The van der Waals surface area contributed by atoms with Gasteiger partial charge in [0.15, 0.2) is 0 Å². The molecule has 1 heterocycles. The molecule has 0 aliphatic rings. The van der Waals surface area contributed by atoms with Gasteiger partial charge in [-0.2, -0.15) is 0 Å². The number of hydrogen-bond donors (Lipinski definition) is 4. The van der Waals surface area contributed by atoms with Crippen molar-refractivity contribution in [1.82, 2.24) is 10.3 Å². The van der Waals surface area contributed by atoms with E-state index in [-0.39, 0.29) is 11.5 Å². The first-order chi connectivity index (χ1) is 8.77. The summed E-state index contributed by atoms with van der Waals surface area (Å²) in [4.78, 5) is 27.0. The van der Waals surface area contributed by atoms with Gasteiger partial charge >= 0.3 is 0 Å². The first-order valence-corrected chi connectivity index (χ1v) is 5.79. The summed E-state index contributed by atoms with van der Waals surface area (Å²) in [5.74, 6) is -0.421. The van der Waals surface area contributed by atoms with Crippen molar-refractivity contribution in [2.24, 2.45) is 11.1 Å². The highest BCUT2D eigenvalue weighted by Gasteiger charge is 2.27. The number of aromatic nitrogens is 1. The fourth-order valence-electron chi connectivity index (χ4n) is 1.53. The Morgan fingerprint density at radius 1 is 1.42 bits per heavy atom. The second-order valence-electron chi connectivity index (χ2n) is 4.85. The van der Waals surface area contributed by atoms with Crippen LogP contribution in [0.3, 0.4) is 0 Å². The normalized spacial score (nSPS) is 10.9. The summed E-state index contributed by atoms with van der Waals surface area (Å²) < 4.78 is 0. The van der Waals surface area contributed by atoms with Crippen LogP contribution in [-0.4, -0.2) is 30.4 Å². The van der Waals surface area contributed by atoms with Crippen molar-refractivity contribution in [3.63, 3.8) is 0 Å². The third-order valence-corrected chi connectivity index (χ3v) is 2.71. The highest BCUT2D eigenvalue weighted by molar-refractivity contribution is 5.98. The van der Waals surface area contributed by atoms with Gasteiger partial charge in [-0.25, -0.2) is 4.98 Å². The number of primary amides is 1. The van der Waals surface area contributed by atoms with Crippen LogP contribution in [0.1, 0.15) is 24.2 Å². The predicted molar refractivity (Wildman–Crippen MR) is 73.5 cm³/mol. The van der Waals surface area contributed by atoms with Crippen LogP contribution in [0.25, 0.3) is 0 Å². The van der Waals surface area contributed by atoms with Gasteiger partial charge in [0.25, 0.3) is 5.91 Å². The maximum absolute atomic E-state index is 11.6. The first-order valence-electron chi connectivity index (χ1n) is 5.79. The van der Waals surface area contributed by atoms with Gasteiger partial charge in [-0.15, -0.1) is 0 Å². The average Bonchev–Trinajstić information content (AvgIpc) is 2.36. The van der Waals surface area contributed by atoms with E-state index in [1.165, 1.54) is 12.3 Å². The molecule has 0 spiro atoms. The Labute approximate surface area is 111 Å². The minimum absolute atomic E-state index is 0.115. The van der Waals surface area contributed by atoms with Crippen molar-refractivity contribution < 1.29 is 9.59 Å². The van der Waals surface area contributed by atoms with Gasteiger partial charge in [0.05, 0.1) is 22.9 Å². The van der Waals surface area contributed by atoms with E-state index >= 15 is 0 Å². The standard InChI is InChI=1S/C12H19N5O2/c1-12(2,11(19)15-3)6-17-10-8(9(14)18)4-7(13)5-16-10/h4-5H,6,13H2,1-3H3,(H2,14,18)(H,15,19)(H,16,17). The van der Waals surface area contributed by atoms with E-state index in [1.54, 1.807) is 20.9 Å². The van der Waals surface area contributed by atoms with Crippen LogP contribution in [0.15, 0.2) is 12.3 Å². The van der Waals surface area contributed by atoms with Crippen LogP contribution < -0.4 is 22.1 Å². The van der Waals surface area contributed by atoms with E-state index in [1.807, 2.05) is 0 Å². The minimum Gasteiger partial charge on any atom is -0.397 e. The lowest BCUT2D eigenvalue weighted by atomic mass is 9.92. The monoisotopic (exact) mass is 265 g/mol. The summed E-state index contributed by atoms with van der Waals surface area (Å²) in [6.45, 7) is 3.87. The molecule has 7 nitrogen and oxygen atoms in total. The first kappa shape index (κ1) is 14.7. The van der Waals surface area contributed by atoms with Gasteiger partial charge in [-0.05, 0) is 19.9 Å². The summed E-state index contributed by atoms with van der Waals surface area (Å²) in [6, 6.07) is 1.45. The number of amides is 2. The molecule has 7 heteroatoms. The second kappa shape index (κ2) is 5.55. The molecule has 0 radical (unpaired) electrons. The number of nitrogens with one attached hydrogen (secondary N) is 2. The summed E-state index contributed by atoms with van der Waals surface area (Å²) >= 11 is 0. The van der Waals surface area contributed by atoms with E-state index < -0.39 is 11.3 Å². The van der Waals surface area contributed by atoms with Gasteiger partial charge in [-0.3, -0.25) is 9.59 Å². The summed E-state index contributed by atoms with van der Waals surface area (Å²) in [5.41, 5.74) is 10.7. The third kappa shape index (κ3) is 3.57. The third-order valence-electron chi connectivity index (χ3n) is 2.71. The molecule has 19 heavy (non-hydrogen) atoms. The van der Waals surface area contributed by atoms with Crippen LogP contribution in [0.2, 0.25) is 0 Å². The van der Waals surface area contributed by atoms with Crippen LogP contribution in [-0.2, 0) is 4.79 Å². The fraction of sp³-hybridized carbons (Fsp3) is 0.417. The zero-order chi connectivity index (χ0) is 14.6. The lowest BCUT2D eigenvalue weighted by Crippen LogP contribution is -2.39. The molecule has 0 unspecified atom stereocenters. The number of pyridine rings is 1. The quantitative estimate of drug-likeness (QED) is 0.594. The zero-order valence-corrected chi connectivity index (χ0v) is 11.3. The molecule has 0 saturated heterocycles. The Morgan fingerprint density at radius 3 is 2.58 bits per heavy atom. The van der Waals surface area contributed by atoms with Gasteiger partial charge in [0.1, 0.15) is 5.82 Å². The van der Waals surface area contributed by atoms with E-state index in [4.69, 9.17) is 11.5 Å². The molecular weight excluding hydrogens is 246 g/mol. The molecule has 0 aliphatic heterocycles. The summed E-state index contributed by atoms with van der Waals surface area (Å²) in [6.07, 6.45) is 1.42. The van der Waals surface area contributed by atoms with Gasteiger partial charge < -0.3 is 22.1 Å².